The van der Waals surface area contributed by atoms with Crippen molar-refractivity contribution in [1.82, 2.24) is 10.2 Å². The molecule has 0 aromatic heterocycles. The molecule has 3 nitrogen and oxygen atoms in total. The first-order valence-corrected chi connectivity index (χ1v) is 6.20. The minimum absolute atomic E-state index is 0. The van der Waals surface area contributed by atoms with Gasteiger partial charge in [0.15, 0.2) is 0 Å². The fourth-order valence-electron chi connectivity index (χ4n) is 2.48. The molecule has 1 fully saturated rings. The third-order valence-electron chi connectivity index (χ3n) is 3.42. The number of hydrogen-bond acceptors (Lipinski definition) is 3. The van der Waals surface area contributed by atoms with Gasteiger partial charge in [0.05, 0.1) is 12.5 Å². The van der Waals surface area contributed by atoms with Gasteiger partial charge in [0.25, 0.3) is 0 Å². The highest BCUT2D eigenvalue weighted by Crippen LogP contribution is 2.26. The zero-order valence-electron chi connectivity index (χ0n) is 11.1. The van der Waals surface area contributed by atoms with E-state index in [2.05, 4.69) is 47.5 Å². The van der Waals surface area contributed by atoms with Crippen molar-refractivity contribution in [2.24, 2.45) is 0 Å². The molecule has 1 aromatic carbocycles. The molecule has 0 bridgehead atoms. The summed E-state index contributed by atoms with van der Waals surface area (Å²) >= 11 is 0. The molecule has 1 aromatic rings. The average molecular weight is 302 g/mol. The lowest BCUT2D eigenvalue weighted by atomic mass is 9.97. The third kappa shape index (κ3) is 4.67. The number of rotatable bonds is 3. The molecule has 1 saturated heterocycles. The molecule has 1 atom stereocenters. The highest BCUT2D eigenvalue weighted by molar-refractivity contribution is 5.85. The smallest absolute Gasteiger partial charge is 0.0641 e. The van der Waals surface area contributed by atoms with Crippen molar-refractivity contribution >= 4 is 24.8 Å². The van der Waals surface area contributed by atoms with E-state index in [1.165, 1.54) is 11.1 Å². The van der Waals surface area contributed by atoms with E-state index < -0.39 is 0 Å². The molecule has 106 valence electrons. The summed E-state index contributed by atoms with van der Waals surface area (Å²) in [6.07, 6.45) is 0.574. The van der Waals surface area contributed by atoms with E-state index >= 15 is 0 Å². The monoisotopic (exact) mass is 301 g/mol. The summed E-state index contributed by atoms with van der Waals surface area (Å²) in [5.41, 5.74) is 2.59. The summed E-state index contributed by atoms with van der Waals surface area (Å²) in [5, 5.41) is 12.4. The number of nitriles is 1. The minimum atomic E-state index is 0. The van der Waals surface area contributed by atoms with Crippen molar-refractivity contribution in [3.05, 3.63) is 35.4 Å². The lowest BCUT2D eigenvalue weighted by Crippen LogP contribution is -2.45. The molecular formula is C14H21Cl2N3. The largest absolute Gasteiger partial charge is 0.314 e. The van der Waals surface area contributed by atoms with Crippen LogP contribution in [-0.2, 0) is 0 Å². The second kappa shape index (κ2) is 9.17. The van der Waals surface area contributed by atoms with Crippen molar-refractivity contribution in [2.45, 2.75) is 19.4 Å². The summed E-state index contributed by atoms with van der Waals surface area (Å²) < 4.78 is 0. The van der Waals surface area contributed by atoms with Gasteiger partial charge in [-0.2, -0.15) is 5.26 Å². The Bertz CT molecular complexity index is 411. The van der Waals surface area contributed by atoms with Gasteiger partial charge in [0, 0.05) is 32.2 Å². The molecule has 0 amide bonds. The summed E-state index contributed by atoms with van der Waals surface area (Å²) in [5.74, 6) is 0. The van der Waals surface area contributed by atoms with Crippen LogP contribution in [0.3, 0.4) is 0 Å². The van der Waals surface area contributed by atoms with Gasteiger partial charge >= 0.3 is 0 Å². The quantitative estimate of drug-likeness (QED) is 0.933. The Labute approximate surface area is 127 Å². The Hall–Kier alpha value is -0.790. The first-order valence-electron chi connectivity index (χ1n) is 6.20. The number of nitrogens with zero attached hydrogens (tertiary/aromatic N) is 2. The number of hydrogen-bond donors (Lipinski definition) is 1. The molecular weight excluding hydrogens is 281 g/mol. The molecule has 0 spiro atoms. The Balaban J connectivity index is 0.00000162. The Morgan fingerprint density at radius 3 is 2.47 bits per heavy atom. The molecule has 2 rings (SSSR count). The standard InChI is InChI=1S/C14H19N3.2ClH/c1-12-4-2-3-5-13(12)14(6-7-15)17-10-8-16-9-11-17;;/h2-5,14,16H,6,8-11H2,1H3;2*1H/t14-;;/m0../s1. The Kier molecular flexibility index (Phi) is 8.79. The zero-order chi connectivity index (χ0) is 12.1. The van der Waals surface area contributed by atoms with Crippen molar-refractivity contribution in [1.29, 1.82) is 5.26 Å². The molecule has 0 aliphatic carbocycles. The third-order valence-corrected chi connectivity index (χ3v) is 3.42. The van der Waals surface area contributed by atoms with Crippen LogP contribution in [0.5, 0.6) is 0 Å². The number of nitrogens with one attached hydrogen (secondary N) is 1. The van der Waals surface area contributed by atoms with Crippen LogP contribution in [0.4, 0.5) is 0 Å². The number of aryl methyl sites for hydroxylation is 1. The van der Waals surface area contributed by atoms with E-state index in [1.807, 2.05) is 0 Å². The van der Waals surface area contributed by atoms with Gasteiger partial charge in [-0.15, -0.1) is 24.8 Å². The predicted molar refractivity (Wildman–Crippen MR) is 83.1 cm³/mol. The van der Waals surface area contributed by atoms with Crippen LogP contribution in [0.1, 0.15) is 23.6 Å². The van der Waals surface area contributed by atoms with Crippen LogP contribution in [0.15, 0.2) is 24.3 Å². The second-order valence-corrected chi connectivity index (χ2v) is 4.52. The fourth-order valence-corrected chi connectivity index (χ4v) is 2.48. The average Bonchev–Trinajstić information content (AvgIpc) is 2.38. The molecule has 5 heteroatoms. The van der Waals surface area contributed by atoms with Gasteiger partial charge in [-0.3, -0.25) is 4.90 Å². The second-order valence-electron chi connectivity index (χ2n) is 4.52. The molecule has 19 heavy (non-hydrogen) atoms. The van der Waals surface area contributed by atoms with E-state index in [0.717, 1.165) is 26.2 Å². The lowest BCUT2D eigenvalue weighted by Gasteiger charge is -2.34. The fraction of sp³-hybridized carbons (Fsp3) is 0.500. The number of piperazine rings is 1. The van der Waals surface area contributed by atoms with Crippen molar-refractivity contribution in [3.63, 3.8) is 0 Å². The van der Waals surface area contributed by atoms with Crippen LogP contribution in [0.25, 0.3) is 0 Å². The van der Waals surface area contributed by atoms with Crippen LogP contribution >= 0.6 is 24.8 Å². The first kappa shape index (κ1) is 18.2. The Morgan fingerprint density at radius 1 is 1.26 bits per heavy atom. The SMILES string of the molecule is Cc1ccccc1[C@H](CC#N)N1CCNCC1.Cl.Cl. The van der Waals surface area contributed by atoms with Crippen molar-refractivity contribution in [3.8, 4) is 6.07 Å². The maximum Gasteiger partial charge on any atom is 0.0641 e. The van der Waals surface area contributed by atoms with E-state index in [0.29, 0.717) is 6.42 Å². The van der Waals surface area contributed by atoms with Gasteiger partial charge in [-0.05, 0) is 18.1 Å². The zero-order valence-corrected chi connectivity index (χ0v) is 12.8. The van der Waals surface area contributed by atoms with Crippen LogP contribution in [0.2, 0.25) is 0 Å². The molecule has 1 aliphatic heterocycles. The van der Waals surface area contributed by atoms with Crippen LogP contribution < -0.4 is 5.32 Å². The van der Waals surface area contributed by atoms with E-state index in [1.54, 1.807) is 0 Å². The number of benzene rings is 1. The minimum Gasteiger partial charge on any atom is -0.314 e. The number of halogens is 2. The first-order chi connectivity index (χ1) is 8.33. The van der Waals surface area contributed by atoms with Gasteiger partial charge in [0.2, 0.25) is 0 Å². The molecule has 1 N–H and O–H groups in total. The summed E-state index contributed by atoms with van der Waals surface area (Å²) in [7, 11) is 0. The topological polar surface area (TPSA) is 39.1 Å². The van der Waals surface area contributed by atoms with Gasteiger partial charge in [0.1, 0.15) is 0 Å². The predicted octanol–water partition coefficient (Wildman–Crippen LogP) is 2.70. The van der Waals surface area contributed by atoms with Crippen molar-refractivity contribution < 1.29 is 0 Å². The maximum absolute atomic E-state index is 9.03. The van der Waals surface area contributed by atoms with E-state index in [-0.39, 0.29) is 30.9 Å². The van der Waals surface area contributed by atoms with Crippen LogP contribution in [-0.4, -0.2) is 31.1 Å². The molecule has 0 saturated carbocycles. The van der Waals surface area contributed by atoms with Gasteiger partial charge in [-0.1, -0.05) is 24.3 Å². The molecule has 0 radical (unpaired) electrons. The molecule has 0 unspecified atom stereocenters. The molecule has 1 aliphatic rings. The Morgan fingerprint density at radius 2 is 1.89 bits per heavy atom. The van der Waals surface area contributed by atoms with E-state index in [4.69, 9.17) is 5.26 Å². The highest BCUT2D eigenvalue weighted by Gasteiger charge is 2.22. The van der Waals surface area contributed by atoms with Crippen LogP contribution in [0, 0.1) is 18.3 Å². The highest BCUT2D eigenvalue weighted by atomic mass is 35.5. The van der Waals surface area contributed by atoms with Gasteiger partial charge in [-0.25, -0.2) is 0 Å². The van der Waals surface area contributed by atoms with E-state index in [9.17, 15) is 0 Å². The summed E-state index contributed by atoms with van der Waals surface area (Å²) in [6, 6.07) is 11.0. The molecule has 1 heterocycles. The van der Waals surface area contributed by atoms with Gasteiger partial charge < -0.3 is 5.32 Å². The maximum atomic E-state index is 9.03. The normalized spacial score (nSPS) is 16.6. The lowest BCUT2D eigenvalue weighted by molar-refractivity contribution is 0.175. The summed E-state index contributed by atoms with van der Waals surface area (Å²) in [6.45, 7) is 6.23. The van der Waals surface area contributed by atoms with Crippen molar-refractivity contribution in [2.75, 3.05) is 26.2 Å². The summed E-state index contributed by atoms with van der Waals surface area (Å²) in [4.78, 5) is 2.42.